The molecule has 0 fully saturated rings. The molecular weight excluding hydrogens is 280 g/mol. The summed E-state index contributed by atoms with van der Waals surface area (Å²) >= 11 is 3.40. The number of nitrogens with two attached hydrogens (primary N) is 2. The van der Waals surface area contributed by atoms with Gasteiger partial charge in [0.2, 0.25) is 0 Å². The average Bonchev–Trinajstić information content (AvgIpc) is 2.54. The predicted molar refractivity (Wildman–Crippen MR) is 72.5 cm³/mol. The van der Waals surface area contributed by atoms with E-state index in [1.807, 2.05) is 24.3 Å². The second-order valence-corrected chi connectivity index (χ2v) is 5.06. The Bertz CT molecular complexity index is 625. The normalized spacial score (nSPS) is 16.7. The molecule has 0 amide bonds. The third-order valence-corrected chi connectivity index (χ3v) is 3.81. The van der Waals surface area contributed by atoms with Crippen molar-refractivity contribution in [2.75, 3.05) is 11.5 Å². The first-order chi connectivity index (χ1) is 8.08. The van der Waals surface area contributed by atoms with Crippen LogP contribution in [0.1, 0.15) is 17.2 Å². The number of fused-ring (bicyclic) bond motifs is 3. The Hall–Kier alpha value is -1.52. The fourth-order valence-corrected chi connectivity index (χ4v) is 2.63. The number of benzene rings is 2. The molecule has 0 aromatic heterocycles. The molecule has 5 N–H and O–H groups in total. The molecule has 2 aromatic rings. The molecule has 2 aromatic carbocycles. The summed E-state index contributed by atoms with van der Waals surface area (Å²) in [6.07, 6.45) is -0.640. The number of nitrogen functional groups attached to an aromatic ring is 2. The van der Waals surface area contributed by atoms with Crippen molar-refractivity contribution in [3.63, 3.8) is 0 Å². The van der Waals surface area contributed by atoms with Gasteiger partial charge < -0.3 is 16.6 Å². The standard InChI is InChI=1S/C13H11BrN2O/c14-11-4-8-7-2-1-6(15)3-9(7)13(17)10(8)5-12(11)16/h1-5,13,17H,15-16H2/t13-/m1/s1. The first-order valence-corrected chi connectivity index (χ1v) is 6.04. The lowest BCUT2D eigenvalue weighted by molar-refractivity contribution is 0.225. The number of hydrogen-bond acceptors (Lipinski definition) is 3. The molecule has 0 aliphatic heterocycles. The Morgan fingerprint density at radius 3 is 2.47 bits per heavy atom. The molecule has 0 unspecified atom stereocenters. The van der Waals surface area contributed by atoms with Crippen molar-refractivity contribution in [2.24, 2.45) is 0 Å². The van der Waals surface area contributed by atoms with E-state index in [4.69, 9.17) is 11.5 Å². The van der Waals surface area contributed by atoms with Crippen LogP contribution < -0.4 is 11.5 Å². The van der Waals surface area contributed by atoms with Crippen molar-refractivity contribution in [1.29, 1.82) is 0 Å². The Kier molecular flexibility index (Phi) is 2.18. The highest BCUT2D eigenvalue weighted by atomic mass is 79.9. The fourth-order valence-electron chi connectivity index (χ4n) is 2.29. The minimum atomic E-state index is -0.640. The highest BCUT2D eigenvalue weighted by molar-refractivity contribution is 9.10. The lowest BCUT2D eigenvalue weighted by Gasteiger charge is -2.07. The van der Waals surface area contributed by atoms with Crippen LogP contribution in [0, 0.1) is 0 Å². The van der Waals surface area contributed by atoms with Crippen molar-refractivity contribution in [1.82, 2.24) is 0 Å². The van der Waals surface area contributed by atoms with E-state index < -0.39 is 6.10 Å². The van der Waals surface area contributed by atoms with Gasteiger partial charge in [-0.3, -0.25) is 0 Å². The second-order valence-electron chi connectivity index (χ2n) is 4.21. The first-order valence-electron chi connectivity index (χ1n) is 5.24. The van der Waals surface area contributed by atoms with Crippen molar-refractivity contribution in [3.05, 3.63) is 45.9 Å². The van der Waals surface area contributed by atoms with Crippen LogP contribution in [-0.2, 0) is 0 Å². The molecule has 0 spiro atoms. The first kappa shape index (κ1) is 10.6. The zero-order chi connectivity index (χ0) is 12.2. The van der Waals surface area contributed by atoms with Crippen LogP contribution in [0.4, 0.5) is 11.4 Å². The second kappa shape index (κ2) is 3.48. The zero-order valence-electron chi connectivity index (χ0n) is 8.94. The van der Waals surface area contributed by atoms with Crippen LogP contribution in [0.3, 0.4) is 0 Å². The Labute approximate surface area is 107 Å². The molecule has 17 heavy (non-hydrogen) atoms. The van der Waals surface area contributed by atoms with E-state index in [1.165, 1.54) is 0 Å². The van der Waals surface area contributed by atoms with E-state index in [0.717, 1.165) is 26.7 Å². The van der Waals surface area contributed by atoms with Gasteiger partial charge in [0.15, 0.2) is 0 Å². The zero-order valence-corrected chi connectivity index (χ0v) is 10.5. The Morgan fingerprint density at radius 1 is 1.00 bits per heavy atom. The van der Waals surface area contributed by atoms with Gasteiger partial charge in [-0.2, -0.15) is 0 Å². The molecule has 4 heteroatoms. The van der Waals surface area contributed by atoms with E-state index >= 15 is 0 Å². The maximum Gasteiger partial charge on any atom is 0.105 e. The minimum Gasteiger partial charge on any atom is -0.399 e. The molecule has 1 aliphatic carbocycles. The van der Waals surface area contributed by atoms with Crippen LogP contribution in [0.25, 0.3) is 11.1 Å². The summed E-state index contributed by atoms with van der Waals surface area (Å²) in [4.78, 5) is 0. The third kappa shape index (κ3) is 1.45. The number of aliphatic hydroxyl groups excluding tert-OH is 1. The molecule has 0 heterocycles. The monoisotopic (exact) mass is 290 g/mol. The molecule has 0 radical (unpaired) electrons. The predicted octanol–water partition coefficient (Wildman–Crippen LogP) is 2.68. The Morgan fingerprint density at radius 2 is 1.71 bits per heavy atom. The summed E-state index contributed by atoms with van der Waals surface area (Å²) in [6.45, 7) is 0. The van der Waals surface area contributed by atoms with E-state index in [9.17, 15) is 5.11 Å². The van der Waals surface area contributed by atoms with Gasteiger partial charge in [-0.25, -0.2) is 0 Å². The average molecular weight is 291 g/mol. The summed E-state index contributed by atoms with van der Waals surface area (Å²) in [5.41, 5.74) is 16.6. The molecule has 3 rings (SSSR count). The quantitative estimate of drug-likeness (QED) is 0.653. The van der Waals surface area contributed by atoms with Crippen molar-refractivity contribution in [2.45, 2.75) is 6.10 Å². The maximum atomic E-state index is 10.2. The number of rotatable bonds is 0. The van der Waals surface area contributed by atoms with Crippen LogP contribution in [0.15, 0.2) is 34.8 Å². The van der Waals surface area contributed by atoms with Crippen LogP contribution in [0.5, 0.6) is 0 Å². The van der Waals surface area contributed by atoms with Crippen molar-refractivity contribution >= 4 is 27.3 Å². The van der Waals surface area contributed by atoms with Gasteiger partial charge in [-0.1, -0.05) is 6.07 Å². The number of halogens is 1. The minimum absolute atomic E-state index is 0.628. The van der Waals surface area contributed by atoms with Gasteiger partial charge in [-0.15, -0.1) is 0 Å². The fraction of sp³-hybridized carbons (Fsp3) is 0.0769. The van der Waals surface area contributed by atoms with E-state index in [-0.39, 0.29) is 0 Å². The van der Waals surface area contributed by atoms with Crippen molar-refractivity contribution < 1.29 is 5.11 Å². The number of aliphatic hydroxyl groups is 1. The highest BCUT2D eigenvalue weighted by Crippen LogP contribution is 2.46. The van der Waals surface area contributed by atoms with E-state index in [2.05, 4.69) is 15.9 Å². The lowest BCUT2D eigenvalue weighted by atomic mass is 10.1. The van der Waals surface area contributed by atoms with Crippen LogP contribution >= 0.6 is 15.9 Å². The Balaban J connectivity index is 2.31. The molecule has 0 saturated heterocycles. The molecule has 0 bridgehead atoms. The lowest BCUT2D eigenvalue weighted by Crippen LogP contribution is -1.96. The number of hydrogen-bond donors (Lipinski definition) is 3. The summed E-state index contributed by atoms with van der Waals surface area (Å²) in [5, 5.41) is 10.2. The SMILES string of the molecule is Nc1ccc2c(c1)[C@@H](O)c1cc(N)c(Br)cc1-2. The highest BCUT2D eigenvalue weighted by Gasteiger charge is 2.27. The summed E-state index contributed by atoms with van der Waals surface area (Å²) in [7, 11) is 0. The van der Waals surface area contributed by atoms with Crippen molar-refractivity contribution in [3.8, 4) is 11.1 Å². The van der Waals surface area contributed by atoms with E-state index in [1.54, 1.807) is 6.07 Å². The van der Waals surface area contributed by atoms with Gasteiger partial charge in [-0.05, 0) is 62.4 Å². The molecule has 3 nitrogen and oxygen atoms in total. The van der Waals surface area contributed by atoms with Gasteiger partial charge in [0.1, 0.15) is 6.10 Å². The third-order valence-electron chi connectivity index (χ3n) is 3.12. The maximum absolute atomic E-state index is 10.2. The topological polar surface area (TPSA) is 72.3 Å². The summed E-state index contributed by atoms with van der Waals surface area (Å²) in [5.74, 6) is 0. The molecule has 1 atom stereocenters. The number of anilines is 2. The largest absolute Gasteiger partial charge is 0.399 e. The van der Waals surface area contributed by atoms with Crippen LogP contribution in [-0.4, -0.2) is 5.11 Å². The molecule has 1 aliphatic rings. The molecule has 86 valence electrons. The van der Waals surface area contributed by atoms with Gasteiger partial charge >= 0.3 is 0 Å². The van der Waals surface area contributed by atoms with Crippen LogP contribution in [0.2, 0.25) is 0 Å². The summed E-state index contributed by atoms with van der Waals surface area (Å²) < 4.78 is 0.841. The molecular formula is C13H11BrN2O. The van der Waals surface area contributed by atoms with E-state index in [0.29, 0.717) is 11.4 Å². The van der Waals surface area contributed by atoms with Gasteiger partial charge in [0.25, 0.3) is 0 Å². The van der Waals surface area contributed by atoms with Gasteiger partial charge in [0.05, 0.1) is 0 Å². The molecule has 0 saturated carbocycles. The smallest absolute Gasteiger partial charge is 0.105 e. The summed E-state index contributed by atoms with van der Waals surface area (Å²) in [6, 6.07) is 9.33. The van der Waals surface area contributed by atoms with Gasteiger partial charge in [0, 0.05) is 15.8 Å².